The summed E-state index contributed by atoms with van der Waals surface area (Å²) in [6.07, 6.45) is 0. The fraction of sp³-hybridized carbons (Fsp3) is 0.333. The Balaban J connectivity index is 2.92. The number of hydrogen-bond donors (Lipinski definition) is 1. The van der Waals surface area contributed by atoms with Gasteiger partial charge in [-0.3, -0.25) is 4.39 Å². The molecule has 0 aromatic heterocycles. The highest BCUT2D eigenvalue weighted by Crippen LogP contribution is 2.23. The van der Waals surface area contributed by atoms with Gasteiger partial charge >= 0.3 is 0 Å². The summed E-state index contributed by atoms with van der Waals surface area (Å²) in [7, 11) is 0. The second-order valence-corrected chi connectivity index (χ2v) is 3.02. The molecule has 0 aliphatic carbocycles. The van der Waals surface area contributed by atoms with Crippen molar-refractivity contribution in [2.75, 3.05) is 13.2 Å². The third kappa shape index (κ3) is 1.96. The second kappa shape index (κ2) is 4.43. The molecule has 0 fully saturated rings. The van der Waals surface area contributed by atoms with Gasteiger partial charge in [0.05, 0.1) is 6.67 Å². The van der Waals surface area contributed by atoms with E-state index in [9.17, 15) is 4.39 Å². The van der Waals surface area contributed by atoms with Gasteiger partial charge in [-0.05, 0) is 11.6 Å². The molecule has 2 N–H and O–H groups in total. The molecule has 12 heavy (non-hydrogen) atoms. The number of rotatable bonds is 3. The van der Waals surface area contributed by atoms with E-state index in [0.717, 1.165) is 5.56 Å². The first-order valence-corrected chi connectivity index (χ1v) is 4.17. The van der Waals surface area contributed by atoms with E-state index in [1.807, 2.05) is 12.1 Å². The van der Waals surface area contributed by atoms with Crippen LogP contribution in [0.1, 0.15) is 11.5 Å². The Labute approximate surface area is 76.3 Å². The highest BCUT2D eigenvalue weighted by Gasteiger charge is 2.11. The highest BCUT2D eigenvalue weighted by atomic mass is 35.5. The quantitative estimate of drug-likeness (QED) is 0.773. The van der Waals surface area contributed by atoms with Crippen LogP contribution in [-0.4, -0.2) is 13.2 Å². The number of alkyl halides is 1. The molecule has 1 unspecified atom stereocenters. The van der Waals surface area contributed by atoms with Crippen LogP contribution in [0, 0.1) is 0 Å². The number of halogens is 2. The predicted octanol–water partition coefficient (Wildman–Crippen LogP) is 2.35. The molecule has 0 spiro atoms. The highest BCUT2D eigenvalue weighted by molar-refractivity contribution is 6.31. The lowest BCUT2D eigenvalue weighted by molar-refractivity contribution is 0.434. The molecule has 0 heterocycles. The van der Waals surface area contributed by atoms with Crippen molar-refractivity contribution in [2.24, 2.45) is 5.73 Å². The first-order chi connectivity index (χ1) is 5.79. The molecule has 66 valence electrons. The summed E-state index contributed by atoms with van der Waals surface area (Å²) in [6.45, 7) is -0.166. The van der Waals surface area contributed by atoms with E-state index >= 15 is 0 Å². The Morgan fingerprint density at radius 1 is 1.42 bits per heavy atom. The lowest BCUT2D eigenvalue weighted by Gasteiger charge is -2.11. The van der Waals surface area contributed by atoms with Gasteiger partial charge in [0.15, 0.2) is 0 Å². The van der Waals surface area contributed by atoms with Crippen molar-refractivity contribution in [1.82, 2.24) is 0 Å². The van der Waals surface area contributed by atoms with Gasteiger partial charge < -0.3 is 5.73 Å². The van der Waals surface area contributed by atoms with E-state index in [1.165, 1.54) is 0 Å². The maximum atomic E-state index is 12.4. The normalized spacial score (nSPS) is 12.9. The van der Waals surface area contributed by atoms with Crippen molar-refractivity contribution in [3.05, 3.63) is 34.9 Å². The van der Waals surface area contributed by atoms with Gasteiger partial charge in [0, 0.05) is 17.5 Å². The summed E-state index contributed by atoms with van der Waals surface area (Å²) < 4.78 is 12.4. The van der Waals surface area contributed by atoms with Crippen molar-refractivity contribution in [3.63, 3.8) is 0 Å². The summed E-state index contributed by atoms with van der Waals surface area (Å²) in [6, 6.07) is 7.20. The lowest BCUT2D eigenvalue weighted by Crippen LogP contribution is -2.14. The third-order valence-electron chi connectivity index (χ3n) is 1.82. The fourth-order valence-electron chi connectivity index (χ4n) is 1.08. The molecule has 0 aliphatic rings. The topological polar surface area (TPSA) is 26.0 Å². The maximum Gasteiger partial charge on any atom is 0.0975 e. The minimum Gasteiger partial charge on any atom is -0.330 e. The van der Waals surface area contributed by atoms with Crippen molar-refractivity contribution in [3.8, 4) is 0 Å². The smallest absolute Gasteiger partial charge is 0.0975 e. The van der Waals surface area contributed by atoms with Crippen LogP contribution in [0.3, 0.4) is 0 Å². The van der Waals surface area contributed by atoms with Crippen LogP contribution in [0.2, 0.25) is 5.02 Å². The van der Waals surface area contributed by atoms with Crippen molar-refractivity contribution < 1.29 is 4.39 Å². The van der Waals surface area contributed by atoms with Crippen molar-refractivity contribution >= 4 is 11.6 Å². The Morgan fingerprint density at radius 3 is 2.58 bits per heavy atom. The zero-order valence-corrected chi connectivity index (χ0v) is 7.39. The molecule has 0 bridgehead atoms. The fourth-order valence-corrected chi connectivity index (χ4v) is 1.37. The van der Waals surface area contributed by atoms with Gasteiger partial charge in [0.2, 0.25) is 0 Å². The minimum absolute atomic E-state index is 0.265. The average molecular weight is 188 g/mol. The molecule has 1 aromatic carbocycles. The van der Waals surface area contributed by atoms with E-state index < -0.39 is 6.67 Å². The summed E-state index contributed by atoms with van der Waals surface area (Å²) in [4.78, 5) is 0. The zero-order chi connectivity index (χ0) is 8.97. The van der Waals surface area contributed by atoms with E-state index in [1.54, 1.807) is 12.1 Å². The molecule has 1 nitrogen and oxygen atoms in total. The first kappa shape index (κ1) is 9.49. The van der Waals surface area contributed by atoms with Crippen LogP contribution in [0.15, 0.2) is 24.3 Å². The summed E-state index contributed by atoms with van der Waals surface area (Å²) in [5, 5.41) is 0.589. The summed E-state index contributed by atoms with van der Waals surface area (Å²) in [5.41, 5.74) is 6.18. The molecule has 1 rings (SSSR count). The SMILES string of the molecule is NCC(CF)c1ccccc1Cl. The Kier molecular flexibility index (Phi) is 3.50. The van der Waals surface area contributed by atoms with Gasteiger partial charge in [-0.15, -0.1) is 0 Å². The molecular formula is C9H11ClFN. The zero-order valence-electron chi connectivity index (χ0n) is 6.63. The van der Waals surface area contributed by atoms with Gasteiger partial charge in [-0.1, -0.05) is 29.8 Å². The summed E-state index contributed by atoms with van der Waals surface area (Å²) >= 11 is 5.85. The Morgan fingerprint density at radius 2 is 2.08 bits per heavy atom. The summed E-state index contributed by atoms with van der Waals surface area (Å²) in [5.74, 6) is -0.265. The van der Waals surface area contributed by atoms with Gasteiger partial charge in [0.1, 0.15) is 0 Å². The van der Waals surface area contributed by atoms with Crippen LogP contribution in [0.5, 0.6) is 0 Å². The van der Waals surface area contributed by atoms with Crippen LogP contribution < -0.4 is 5.73 Å². The van der Waals surface area contributed by atoms with Crippen LogP contribution >= 0.6 is 11.6 Å². The van der Waals surface area contributed by atoms with Gasteiger partial charge in [-0.25, -0.2) is 0 Å². The molecule has 0 aliphatic heterocycles. The molecule has 0 radical (unpaired) electrons. The third-order valence-corrected chi connectivity index (χ3v) is 2.16. The maximum absolute atomic E-state index is 12.4. The van der Waals surface area contributed by atoms with Gasteiger partial charge in [-0.2, -0.15) is 0 Å². The lowest BCUT2D eigenvalue weighted by atomic mass is 10.0. The van der Waals surface area contributed by atoms with E-state index in [0.29, 0.717) is 11.6 Å². The van der Waals surface area contributed by atoms with Gasteiger partial charge in [0.25, 0.3) is 0 Å². The molecule has 1 aromatic rings. The Hall–Kier alpha value is -0.600. The number of hydrogen-bond acceptors (Lipinski definition) is 1. The molecule has 1 atom stereocenters. The Bertz CT molecular complexity index is 248. The largest absolute Gasteiger partial charge is 0.330 e. The van der Waals surface area contributed by atoms with E-state index in [-0.39, 0.29) is 5.92 Å². The van der Waals surface area contributed by atoms with Crippen LogP contribution in [-0.2, 0) is 0 Å². The monoisotopic (exact) mass is 187 g/mol. The second-order valence-electron chi connectivity index (χ2n) is 2.61. The van der Waals surface area contributed by atoms with Crippen molar-refractivity contribution in [1.29, 1.82) is 0 Å². The molecule has 0 saturated carbocycles. The average Bonchev–Trinajstić information content (AvgIpc) is 2.10. The van der Waals surface area contributed by atoms with Crippen LogP contribution in [0.25, 0.3) is 0 Å². The first-order valence-electron chi connectivity index (χ1n) is 3.80. The van der Waals surface area contributed by atoms with E-state index in [2.05, 4.69) is 0 Å². The van der Waals surface area contributed by atoms with Crippen LogP contribution in [0.4, 0.5) is 4.39 Å². The van der Waals surface area contributed by atoms with E-state index in [4.69, 9.17) is 17.3 Å². The molecule has 3 heteroatoms. The molecule has 0 amide bonds. The number of benzene rings is 1. The molecule has 0 saturated heterocycles. The predicted molar refractivity (Wildman–Crippen MR) is 49.2 cm³/mol. The standard InChI is InChI=1S/C9H11ClFN/c10-9-4-2-1-3-8(9)7(5-11)6-12/h1-4,7H,5-6,12H2. The van der Waals surface area contributed by atoms with Crippen molar-refractivity contribution in [2.45, 2.75) is 5.92 Å². The minimum atomic E-state index is -0.458. The molecular weight excluding hydrogens is 177 g/mol. The number of nitrogens with two attached hydrogens (primary N) is 1.